The fourth-order valence-electron chi connectivity index (χ4n) is 4.73. The van der Waals surface area contributed by atoms with Gasteiger partial charge in [0.25, 0.3) is 0 Å². The van der Waals surface area contributed by atoms with Crippen molar-refractivity contribution in [3.05, 3.63) is 11.8 Å². The van der Waals surface area contributed by atoms with Crippen molar-refractivity contribution in [2.75, 3.05) is 6.54 Å². The van der Waals surface area contributed by atoms with Gasteiger partial charge in [-0.2, -0.15) is 0 Å². The third-order valence-corrected chi connectivity index (χ3v) is 5.96. The van der Waals surface area contributed by atoms with E-state index in [0.29, 0.717) is 18.2 Å². The molecule has 4 heteroatoms. The molecule has 128 valence electrons. The molecule has 1 saturated carbocycles. The van der Waals surface area contributed by atoms with Crippen molar-refractivity contribution in [3.63, 3.8) is 0 Å². The Kier molecular flexibility index (Phi) is 3.66. The van der Waals surface area contributed by atoms with Crippen molar-refractivity contribution in [1.82, 2.24) is 4.90 Å². The molecule has 0 unspecified atom stereocenters. The number of hydrogen-bond donors (Lipinski definition) is 0. The van der Waals surface area contributed by atoms with E-state index < -0.39 is 5.60 Å². The summed E-state index contributed by atoms with van der Waals surface area (Å²) in [4.78, 5) is 27.4. The van der Waals surface area contributed by atoms with Gasteiger partial charge in [-0.15, -0.1) is 0 Å². The number of allylic oxidation sites excluding steroid dienone is 2. The largest absolute Gasteiger partial charge is 0.443 e. The van der Waals surface area contributed by atoms with Crippen LogP contribution < -0.4 is 0 Å². The van der Waals surface area contributed by atoms with Gasteiger partial charge in [0.1, 0.15) is 11.4 Å². The van der Waals surface area contributed by atoms with E-state index in [9.17, 15) is 9.59 Å². The van der Waals surface area contributed by atoms with Gasteiger partial charge in [0.05, 0.1) is 0 Å². The van der Waals surface area contributed by atoms with Gasteiger partial charge in [-0.3, -0.25) is 9.69 Å². The molecule has 1 heterocycles. The molecule has 23 heavy (non-hydrogen) atoms. The van der Waals surface area contributed by atoms with Crippen LogP contribution in [0.2, 0.25) is 0 Å². The number of likely N-dealkylation sites (tertiary alicyclic amines) is 1. The Bertz CT molecular complexity index is 572. The maximum atomic E-state index is 12.9. The highest BCUT2D eigenvalue weighted by atomic mass is 16.6. The normalized spacial score (nSPS) is 36.3. The Balaban J connectivity index is 1.99. The van der Waals surface area contributed by atoms with Crippen LogP contribution in [-0.4, -0.2) is 28.9 Å². The van der Waals surface area contributed by atoms with Gasteiger partial charge in [0.2, 0.25) is 0 Å². The second kappa shape index (κ2) is 5.09. The highest BCUT2D eigenvalue weighted by molar-refractivity contribution is 5.89. The molecule has 0 aromatic rings. The molecule has 4 atom stereocenters. The Morgan fingerprint density at radius 3 is 2.57 bits per heavy atom. The summed E-state index contributed by atoms with van der Waals surface area (Å²) in [7, 11) is 0. The molecule has 0 radical (unpaired) electrons. The molecule has 1 saturated heterocycles. The third-order valence-electron chi connectivity index (χ3n) is 5.96. The van der Waals surface area contributed by atoms with Gasteiger partial charge in [0.15, 0.2) is 0 Å². The molecule has 0 N–H and O–H groups in total. The Labute approximate surface area is 139 Å². The lowest BCUT2D eigenvalue weighted by Crippen LogP contribution is -2.43. The minimum absolute atomic E-state index is 0.0623. The molecule has 2 fully saturated rings. The van der Waals surface area contributed by atoms with Crippen LogP contribution in [0.15, 0.2) is 11.8 Å². The first-order valence-electron chi connectivity index (χ1n) is 8.82. The average Bonchev–Trinajstić information content (AvgIpc) is 2.86. The minimum Gasteiger partial charge on any atom is -0.443 e. The van der Waals surface area contributed by atoms with Crippen LogP contribution in [0.3, 0.4) is 0 Å². The van der Waals surface area contributed by atoms with E-state index in [1.54, 1.807) is 0 Å². The Hall–Kier alpha value is -1.32. The zero-order valence-corrected chi connectivity index (χ0v) is 15.2. The van der Waals surface area contributed by atoms with Crippen LogP contribution in [0.5, 0.6) is 0 Å². The first-order valence-corrected chi connectivity index (χ1v) is 8.82. The van der Waals surface area contributed by atoms with Crippen LogP contribution in [-0.2, 0) is 9.53 Å². The van der Waals surface area contributed by atoms with Crippen LogP contribution in [0, 0.1) is 29.1 Å². The van der Waals surface area contributed by atoms with Crippen molar-refractivity contribution >= 4 is 11.9 Å². The lowest BCUT2D eigenvalue weighted by atomic mass is 9.64. The summed E-state index contributed by atoms with van der Waals surface area (Å²) < 4.78 is 5.61. The van der Waals surface area contributed by atoms with E-state index in [-0.39, 0.29) is 29.3 Å². The highest BCUT2D eigenvalue weighted by Gasteiger charge is 2.61. The van der Waals surface area contributed by atoms with Gasteiger partial charge >= 0.3 is 6.09 Å². The summed E-state index contributed by atoms with van der Waals surface area (Å²) in [6.07, 6.45) is 3.78. The van der Waals surface area contributed by atoms with Crippen LogP contribution >= 0.6 is 0 Å². The standard InChI is InChI=1S/C19H29NO3/c1-11(2)13-9-15-19(6)12(7-8-14(19)16(13)21)10-20(15)17(22)23-18(3,4)5/h9,11-14H,7-8,10H2,1-6H3/t12-,13-,14+,19+/m0/s1. The van der Waals surface area contributed by atoms with Crippen LogP contribution in [0.4, 0.5) is 4.79 Å². The maximum absolute atomic E-state index is 12.9. The van der Waals surface area contributed by atoms with E-state index in [2.05, 4.69) is 26.8 Å². The van der Waals surface area contributed by atoms with Crippen molar-refractivity contribution < 1.29 is 14.3 Å². The van der Waals surface area contributed by atoms with Gasteiger partial charge in [-0.25, -0.2) is 4.79 Å². The molecule has 4 nitrogen and oxygen atoms in total. The number of Topliss-reactive ketones (excluding diaryl/α,β-unsaturated/α-hetero) is 1. The predicted molar refractivity (Wildman–Crippen MR) is 88.7 cm³/mol. The summed E-state index contributed by atoms with van der Waals surface area (Å²) in [5, 5.41) is 0. The van der Waals surface area contributed by atoms with E-state index in [4.69, 9.17) is 4.74 Å². The summed E-state index contributed by atoms with van der Waals surface area (Å²) >= 11 is 0. The summed E-state index contributed by atoms with van der Waals surface area (Å²) in [6.45, 7) is 12.7. The number of amides is 1. The zero-order chi connectivity index (χ0) is 17.2. The second-order valence-corrected chi connectivity index (χ2v) is 8.92. The first-order chi connectivity index (χ1) is 10.6. The smallest absolute Gasteiger partial charge is 0.414 e. The summed E-state index contributed by atoms with van der Waals surface area (Å²) in [5.74, 6) is 1.00. The molecule has 3 aliphatic rings. The van der Waals surface area contributed by atoms with E-state index >= 15 is 0 Å². The maximum Gasteiger partial charge on any atom is 0.414 e. The fraction of sp³-hybridized carbons (Fsp3) is 0.789. The first kappa shape index (κ1) is 16.5. The third kappa shape index (κ3) is 2.41. The number of carbonyl (C=O) groups is 2. The van der Waals surface area contributed by atoms with Crippen LogP contribution in [0.25, 0.3) is 0 Å². The minimum atomic E-state index is -0.502. The Morgan fingerprint density at radius 1 is 1.35 bits per heavy atom. The summed E-state index contributed by atoms with van der Waals surface area (Å²) in [6, 6.07) is 0. The molecule has 1 amide bonds. The SMILES string of the molecule is CC(C)[C@@H]1C=C2N(C(=O)OC(C)(C)C)C[C@@H]3CC[C@H](C1=O)[C@]23C. The van der Waals surface area contributed by atoms with Gasteiger partial charge in [-0.05, 0) is 45.4 Å². The number of nitrogens with zero attached hydrogens (tertiary/aromatic N) is 1. The van der Waals surface area contributed by atoms with Crippen molar-refractivity contribution in [2.24, 2.45) is 29.1 Å². The quantitative estimate of drug-likeness (QED) is 0.733. The van der Waals surface area contributed by atoms with Crippen molar-refractivity contribution in [2.45, 2.75) is 60.0 Å². The van der Waals surface area contributed by atoms with Crippen molar-refractivity contribution in [3.8, 4) is 0 Å². The molecule has 0 aromatic carbocycles. The number of rotatable bonds is 1. The Morgan fingerprint density at radius 2 is 2.00 bits per heavy atom. The summed E-state index contributed by atoms with van der Waals surface area (Å²) in [5.41, 5.74) is 0.356. The van der Waals surface area contributed by atoms with Gasteiger partial charge in [0, 0.05) is 29.5 Å². The number of hydrogen-bond acceptors (Lipinski definition) is 3. The fourth-order valence-corrected chi connectivity index (χ4v) is 4.73. The molecule has 3 rings (SSSR count). The molecular weight excluding hydrogens is 290 g/mol. The number of ether oxygens (including phenoxy) is 1. The molecule has 1 aliphatic heterocycles. The zero-order valence-electron chi connectivity index (χ0n) is 15.2. The number of ketones is 1. The van der Waals surface area contributed by atoms with Gasteiger partial charge in [-0.1, -0.05) is 26.8 Å². The number of carbonyl (C=O) groups excluding carboxylic acids is 2. The average molecular weight is 319 g/mol. The van der Waals surface area contributed by atoms with E-state index in [1.807, 2.05) is 25.7 Å². The van der Waals surface area contributed by atoms with Gasteiger partial charge < -0.3 is 4.74 Å². The lowest BCUT2D eigenvalue weighted by Gasteiger charge is -2.40. The molecule has 0 bridgehead atoms. The van der Waals surface area contributed by atoms with E-state index in [1.165, 1.54) is 0 Å². The monoisotopic (exact) mass is 319 g/mol. The molecule has 0 spiro atoms. The lowest BCUT2D eigenvalue weighted by molar-refractivity contribution is -0.130. The molecule has 0 aromatic heterocycles. The van der Waals surface area contributed by atoms with E-state index in [0.717, 1.165) is 18.5 Å². The topological polar surface area (TPSA) is 46.6 Å². The molecular formula is C19H29NO3. The van der Waals surface area contributed by atoms with Crippen LogP contribution in [0.1, 0.15) is 54.4 Å². The highest BCUT2D eigenvalue weighted by Crippen LogP contribution is 2.61. The molecule has 2 aliphatic carbocycles. The van der Waals surface area contributed by atoms with Crippen molar-refractivity contribution in [1.29, 1.82) is 0 Å². The second-order valence-electron chi connectivity index (χ2n) is 8.92. The predicted octanol–water partition coefficient (Wildman–Crippen LogP) is 4.01.